The normalized spacial score (nSPS) is 10.5. The minimum absolute atomic E-state index is 0.0226. The van der Waals surface area contributed by atoms with Gasteiger partial charge >= 0.3 is 5.97 Å². The van der Waals surface area contributed by atoms with Gasteiger partial charge in [-0.1, -0.05) is 54.1 Å². The molecular weight excluding hydrogens is 330 g/mol. The number of ether oxygens (including phenoxy) is 1. The van der Waals surface area contributed by atoms with Crippen molar-refractivity contribution in [2.24, 2.45) is 0 Å². The molecule has 0 aliphatic heterocycles. The van der Waals surface area contributed by atoms with Crippen LogP contribution in [0.25, 0.3) is 10.8 Å². The number of carbonyl (C=O) groups is 1. The maximum Gasteiger partial charge on any atom is 0.338 e. The average molecular weight is 342 g/mol. The second-order valence-electron chi connectivity index (χ2n) is 5.14. The van der Waals surface area contributed by atoms with Crippen LogP contribution in [-0.2, 0) is 11.3 Å². The van der Waals surface area contributed by atoms with E-state index in [-0.39, 0.29) is 22.9 Å². The molecule has 3 aromatic rings. The van der Waals surface area contributed by atoms with Crippen LogP contribution < -0.4 is 0 Å². The van der Waals surface area contributed by atoms with Crippen LogP contribution >= 0.6 is 11.6 Å². The molecule has 0 bridgehead atoms. The van der Waals surface area contributed by atoms with E-state index in [9.17, 15) is 14.9 Å². The first-order chi connectivity index (χ1) is 11.6. The maximum atomic E-state index is 12.2. The highest BCUT2D eigenvalue weighted by Gasteiger charge is 2.17. The van der Waals surface area contributed by atoms with Crippen molar-refractivity contribution in [1.82, 2.24) is 0 Å². The summed E-state index contributed by atoms with van der Waals surface area (Å²) >= 11 is 5.74. The number of nitro groups is 1. The van der Waals surface area contributed by atoms with E-state index in [2.05, 4.69) is 0 Å². The topological polar surface area (TPSA) is 69.4 Å². The number of nitrogens with zero attached hydrogens (tertiary/aromatic N) is 1. The lowest BCUT2D eigenvalue weighted by atomic mass is 10.1. The first-order valence-electron chi connectivity index (χ1n) is 7.14. The van der Waals surface area contributed by atoms with Crippen molar-refractivity contribution in [3.63, 3.8) is 0 Å². The number of benzene rings is 3. The number of esters is 1. The first-order valence-corrected chi connectivity index (χ1v) is 7.52. The van der Waals surface area contributed by atoms with Crippen LogP contribution in [0.2, 0.25) is 5.02 Å². The fraction of sp³-hybridized carbons (Fsp3) is 0.0556. The lowest BCUT2D eigenvalue weighted by Gasteiger charge is -2.08. The second-order valence-corrected chi connectivity index (χ2v) is 5.54. The number of rotatable bonds is 4. The van der Waals surface area contributed by atoms with E-state index >= 15 is 0 Å². The fourth-order valence-electron chi connectivity index (χ4n) is 2.42. The monoisotopic (exact) mass is 341 g/mol. The summed E-state index contributed by atoms with van der Waals surface area (Å²) in [5.41, 5.74) is 0.632. The minimum atomic E-state index is -0.636. The zero-order chi connectivity index (χ0) is 17.1. The average Bonchev–Trinajstić information content (AvgIpc) is 2.59. The maximum absolute atomic E-state index is 12.2. The van der Waals surface area contributed by atoms with E-state index < -0.39 is 10.9 Å². The summed E-state index contributed by atoms with van der Waals surface area (Å²) < 4.78 is 5.29. The number of hydrogen-bond donors (Lipinski definition) is 0. The van der Waals surface area contributed by atoms with Gasteiger partial charge in [-0.15, -0.1) is 0 Å². The smallest absolute Gasteiger partial charge is 0.338 e. The quantitative estimate of drug-likeness (QED) is 0.390. The molecule has 0 aromatic heterocycles. The van der Waals surface area contributed by atoms with E-state index in [1.165, 1.54) is 12.1 Å². The summed E-state index contributed by atoms with van der Waals surface area (Å²) in [6, 6.07) is 17.3. The van der Waals surface area contributed by atoms with Gasteiger partial charge in [-0.2, -0.15) is 0 Å². The Morgan fingerprint density at radius 3 is 2.62 bits per heavy atom. The third kappa shape index (κ3) is 3.21. The molecule has 3 rings (SSSR count). The standard InChI is InChI=1S/C18H12ClNO4/c19-16-9-8-13(10-17(16)20(22)23)18(21)24-11-14-6-3-5-12-4-1-2-7-15(12)14/h1-10H,11H2. The molecule has 3 aromatic carbocycles. The molecule has 0 N–H and O–H groups in total. The molecule has 0 spiro atoms. The molecule has 0 unspecified atom stereocenters. The number of fused-ring (bicyclic) bond motifs is 1. The molecule has 24 heavy (non-hydrogen) atoms. The Morgan fingerprint density at radius 1 is 1.08 bits per heavy atom. The summed E-state index contributed by atoms with van der Waals surface area (Å²) in [5.74, 6) is -0.636. The van der Waals surface area contributed by atoms with Gasteiger partial charge in [0.25, 0.3) is 5.69 Å². The lowest BCUT2D eigenvalue weighted by molar-refractivity contribution is -0.384. The lowest BCUT2D eigenvalue weighted by Crippen LogP contribution is -2.06. The summed E-state index contributed by atoms with van der Waals surface area (Å²) in [6.07, 6.45) is 0. The molecule has 0 aliphatic rings. The van der Waals surface area contributed by atoms with Crippen molar-refractivity contribution in [3.05, 3.63) is 86.9 Å². The van der Waals surface area contributed by atoms with Gasteiger partial charge in [-0.05, 0) is 28.5 Å². The number of hydrogen-bond acceptors (Lipinski definition) is 4. The van der Waals surface area contributed by atoms with E-state index in [1.807, 2.05) is 42.5 Å². The Balaban J connectivity index is 1.80. The molecule has 0 saturated carbocycles. The van der Waals surface area contributed by atoms with E-state index in [1.54, 1.807) is 0 Å². The second kappa shape index (κ2) is 6.68. The van der Waals surface area contributed by atoms with Gasteiger partial charge in [0.1, 0.15) is 11.6 Å². The summed E-state index contributed by atoms with van der Waals surface area (Å²) in [6.45, 7) is 0.0800. The van der Waals surface area contributed by atoms with Crippen LogP contribution in [0.5, 0.6) is 0 Å². The Hall–Kier alpha value is -2.92. The molecule has 5 nitrogen and oxygen atoms in total. The number of halogens is 1. The van der Waals surface area contributed by atoms with Crippen LogP contribution in [0.4, 0.5) is 5.69 Å². The van der Waals surface area contributed by atoms with Crippen LogP contribution in [0.1, 0.15) is 15.9 Å². The zero-order valence-electron chi connectivity index (χ0n) is 12.4. The predicted octanol–water partition coefficient (Wildman–Crippen LogP) is 4.76. The van der Waals surface area contributed by atoms with Crippen molar-refractivity contribution in [2.75, 3.05) is 0 Å². The largest absolute Gasteiger partial charge is 0.457 e. The summed E-state index contributed by atoms with van der Waals surface area (Å²) in [4.78, 5) is 22.4. The summed E-state index contributed by atoms with van der Waals surface area (Å²) in [7, 11) is 0. The van der Waals surface area contributed by atoms with Crippen molar-refractivity contribution in [2.45, 2.75) is 6.61 Å². The fourth-order valence-corrected chi connectivity index (χ4v) is 2.61. The molecule has 6 heteroatoms. The van der Waals surface area contributed by atoms with Gasteiger partial charge in [0, 0.05) is 6.07 Å². The molecule has 0 aliphatic carbocycles. The van der Waals surface area contributed by atoms with Gasteiger partial charge in [0.2, 0.25) is 0 Å². The van der Waals surface area contributed by atoms with Gasteiger partial charge in [0.05, 0.1) is 10.5 Å². The summed E-state index contributed by atoms with van der Waals surface area (Å²) in [5, 5.41) is 12.9. The molecule has 0 amide bonds. The minimum Gasteiger partial charge on any atom is -0.457 e. The highest BCUT2D eigenvalue weighted by molar-refractivity contribution is 6.32. The third-order valence-corrected chi connectivity index (χ3v) is 3.94. The van der Waals surface area contributed by atoms with Crippen LogP contribution in [-0.4, -0.2) is 10.9 Å². The highest BCUT2D eigenvalue weighted by Crippen LogP contribution is 2.26. The predicted molar refractivity (Wildman–Crippen MR) is 91.2 cm³/mol. The van der Waals surface area contributed by atoms with E-state index in [0.29, 0.717) is 0 Å². The molecule has 0 radical (unpaired) electrons. The van der Waals surface area contributed by atoms with Gasteiger partial charge in [-0.3, -0.25) is 10.1 Å². The number of nitro benzene ring substituents is 1. The molecule has 120 valence electrons. The van der Waals surface area contributed by atoms with Crippen LogP contribution in [0, 0.1) is 10.1 Å². The van der Waals surface area contributed by atoms with E-state index in [4.69, 9.17) is 16.3 Å². The SMILES string of the molecule is O=C(OCc1cccc2ccccc12)c1ccc(Cl)c([N+](=O)[O-])c1. The van der Waals surface area contributed by atoms with Gasteiger partial charge in [-0.25, -0.2) is 4.79 Å². The third-order valence-electron chi connectivity index (χ3n) is 3.62. The molecule has 0 heterocycles. The Kier molecular flexibility index (Phi) is 4.44. The Labute approximate surface area is 142 Å². The van der Waals surface area contributed by atoms with Crippen molar-refractivity contribution >= 4 is 34.0 Å². The van der Waals surface area contributed by atoms with Crippen molar-refractivity contribution in [3.8, 4) is 0 Å². The Bertz CT molecular complexity index is 934. The van der Waals surface area contributed by atoms with Crippen LogP contribution in [0.3, 0.4) is 0 Å². The zero-order valence-corrected chi connectivity index (χ0v) is 13.2. The number of carbonyl (C=O) groups excluding carboxylic acids is 1. The molecule has 0 atom stereocenters. The molecular formula is C18H12ClNO4. The van der Waals surface area contributed by atoms with E-state index in [0.717, 1.165) is 22.4 Å². The van der Waals surface area contributed by atoms with Crippen molar-refractivity contribution < 1.29 is 14.5 Å². The Morgan fingerprint density at radius 2 is 1.83 bits per heavy atom. The molecule has 0 fully saturated rings. The first kappa shape index (κ1) is 16.0. The van der Waals surface area contributed by atoms with Crippen molar-refractivity contribution in [1.29, 1.82) is 0 Å². The van der Waals surface area contributed by atoms with Crippen LogP contribution in [0.15, 0.2) is 60.7 Å². The molecule has 0 saturated heterocycles. The highest BCUT2D eigenvalue weighted by atomic mass is 35.5. The van der Waals surface area contributed by atoms with Gasteiger partial charge in [0.15, 0.2) is 0 Å². The van der Waals surface area contributed by atoms with Gasteiger partial charge < -0.3 is 4.74 Å².